The average molecular weight is 324 g/mol. The van der Waals surface area contributed by atoms with Crippen molar-refractivity contribution < 1.29 is 0 Å². The Morgan fingerprint density at radius 3 is 2.95 bits per heavy atom. The number of thiophene rings is 1. The number of aliphatic imine (C=N–C) groups is 1. The molecule has 0 amide bonds. The highest BCUT2D eigenvalue weighted by Crippen LogP contribution is 2.07. The van der Waals surface area contributed by atoms with Gasteiger partial charge in [0.15, 0.2) is 5.96 Å². The highest BCUT2D eigenvalue weighted by molar-refractivity contribution is 7.09. The number of hydrogen-bond acceptors (Lipinski definition) is 4. The van der Waals surface area contributed by atoms with Crippen molar-refractivity contribution in [3.8, 4) is 0 Å². The van der Waals surface area contributed by atoms with E-state index in [9.17, 15) is 0 Å². The molecule has 1 aliphatic rings. The highest BCUT2D eigenvalue weighted by Gasteiger charge is 2.11. The molecule has 0 radical (unpaired) electrons. The lowest BCUT2D eigenvalue weighted by molar-refractivity contribution is 0.274. The van der Waals surface area contributed by atoms with Gasteiger partial charge in [-0.1, -0.05) is 6.07 Å². The fourth-order valence-corrected chi connectivity index (χ4v) is 3.28. The maximum absolute atomic E-state index is 4.28. The molecule has 0 spiro atoms. The Kier molecular flexibility index (Phi) is 7.70. The molecule has 0 saturated carbocycles. The van der Waals surface area contributed by atoms with E-state index < -0.39 is 0 Å². The molecular weight excluding hydrogens is 294 g/mol. The molecule has 0 atom stereocenters. The fraction of sp³-hybridized carbons (Fsp3) is 0.688. The lowest BCUT2D eigenvalue weighted by atomic mass is 10.3. The minimum atomic E-state index is 0.843. The van der Waals surface area contributed by atoms with E-state index in [0.717, 1.165) is 25.5 Å². The second-order valence-corrected chi connectivity index (χ2v) is 6.82. The Balaban J connectivity index is 1.58. The van der Waals surface area contributed by atoms with Gasteiger partial charge < -0.3 is 20.4 Å². The third-order valence-corrected chi connectivity index (χ3v) is 4.87. The summed E-state index contributed by atoms with van der Waals surface area (Å²) in [5.41, 5.74) is 0. The molecule has 1 saturated heterocycles. The van der Waals surface area contributed by atoms with E-state index >= 15 is 0 Å². The summed E-state index contributed by atoms with van der Waals surface area (Å²) in [6.45, 7) is 7.83. The Morgan fingerprint density at radius 1 is 1.27 bits per heavy atom. The topological polar surface area (TPSA) is 42.9 Å². The first-order valence-electron chi connectivity index (χ1n) is 8.16. The van der Waals surface area contributed by atoms with Crippen molar-refractivity contribution in [1.29, 1.82) is 0 Å². The largest absolute Gasteiger partial charge is 0.356 e. The van der Waals surface area contributed by atoms with Crippen LogP contribution in [0.5, 0.6) is 0 Å². The van der Waals surface area contributed by atoms with E-state index in [2.05, 4.69) is 50.0 Å². The van der Waals surface area contributed by atoms with Crippen LogP contribution in [0.4, 0.5) is 0 Å². The van der Waals surface area contributed by atoms with Gasteiger partial charge in [0.2, 0.25) is 0 Å². The van der Waals surface area contributed by atoms with Gasteiger partial charge in [-0.25, -0.2) is 0 Å². The zero-order valence-electron chi connectivity index (χ0n) is 13.8. The van der Waals surface area contributed by atoms with Crippen LogP contribution < -0.4 is 10.6 Å². The maximum atomic E-state index is 4.28. The van der Waals surface area contributed by atoms with Crippen LogP contribution in [-0.2, 0) is 6.54 Å². The summed E-state index contributed by atoms with van der Waals surface area (Å²) in [6, 6.07) is 4.22. The number of guanidine groups is 1. The third-order valence-electron chi connectivity index (χ3n) is 3.99. The molecule has 0 aliphatic carbocycles. The molecular formula is C16H29N5S. The molecule has 2 rings (SSSR count). The van der Waals surface area contributed by atoms with E-state index in [1.54, 1.807) is 11.3 Å². The monoisotopic (exact) mass is 323 g/mol. The second-order valence-electron chi connectivity index (χ2n) is 5.78. The van der Waals surface area contributed by atoms with Crippen LogP contribution in [0.25, 0.3) is 0 Å². The molecule has 124 valence electrons. The summed E-state index contributed by atoms with van der Waals surface area (Å²) >= 11 is 1.77. The van der Waals surface area contributed by atoms with Crippen molar-refractivity contribution in [2.24, 2.45) is 4.99 Å². The number of nitrogens with one attached hydrogen (secondary N) is 2. The van der Waals surface area contributed by atoms with Crippen molar-refractivity contribution in [1.82, 2.24) is 20.4 Å². The van der Waals surface area contributed by atoms with Gasteiger partial charge >= 0.3 is 0 Å². The Bertz CT molecular complexity index is 432. The molecule has 2 heterocycles. The van der Waals surface area contributed by atoms with Gasteiger partial charge in [-0.3, -0.25) is 4.99 Å². The van der Waals surface area contributed by atoms with E-state index in [1.165, 1.54) is 44.0 Å². The number of nitrogens with zero attached hydrogens (tertiary/aromatic N) is 3. The van der Waals surface area contributed by atoms with Gasteiger partial charge in [0, 0.05) is 31.6 Å². The first kappa shape index (κ1) is 17.2. The zero-order valence-corrected chi connectivity index (χ0v) is 14.7. The van der Waals surface area contributed by atoms with Gasteiger partial charge in [-0.05, 0) is 51.0 Å². The maximum Gasteiger partial charge on any atom is 0.191 e. The summed E-state index contributed by atoms with van der Waals surface area (Å²) in [7, 11) is 4.04. The SMILES string of the molecule is CN=C(NCCCN1CCCN(C)CC1)NCc1cccs1. The van der Waals surface area contributed by atoms with Crippen molar-refractivity contribution >= 4 is 17.3 Å². The molecule has 0 aromatic carbocycles. The minimum absolute atomic E-state index is 0.843. The van der Waals surface area contributed by atoms with Crippen LogP contribution in [0.3, 0.4) is 0 Å². The van der Waals surface area contributed by atoms with Crippen molar-refractivity contribution in [2.75, 3.05) is 53.4 Å². The standard InChI is InChI=1S/C16H29N5S/c1-17-16(19-14-15-6-3-13-22-15)18-7-4-9-21-10-5-8-20(2)11-12-21/h3,6,13H,4-5,7-12,14H2,1-2H3,(H2,17,18,19). The summed E-state index contributed by atoms with van der Waals surface area (Å²) in [4.78, 5) is 10.6. The van der Waals surface area contributed by atoms with E-state index in [-0.39, 0.29) is 0 Å². The molecule has 1 aromatic heterocycles. The van der Waals surface area contributed by atoms with Crippen LogP contribution >= 0.6 is 11.3 Å². The molecule has 1 aromatic rings. The second kappa shape index (κ2) is 9.82. The van der Waals surface area contributed by atoms with E-state index in [4.69, 9.17) is 0 Å². The smallest absolute Gasteiger partial charge is 0.191 e. The predicted octanol–water partition coefficient (Wildman–Crippen LogP) is 1.44. The predicted molar refractivity (Wildman–Crippen MR) is 95.7 cm³/mol. The summed E-state index contributed by atoms with van der Waals surface area (Å²) in [5.74, 6) is 0.893. The van der Waals surface area contributed by atoms with Crippen LogP contribution in [0, 0.1) is 0 Å². The van der Waals surface area contributed by atoms with Crippen molar-refractivity contribution in [3.05, 3.63) is 22.4 Å². The van der Waals surface area contributed by atoms with Gasteiger partial charge in [-0.2, -0.15) is 0 Å². The Morgan fingerprint density at radius 2 is 2.18 bits per heavy atom. The molecule has 1 aliphatic heterocycles. The molecule has 0 bridgehead atoms. The van der Waals surface area contributed by atoms with Crippen LogP contribution in [-0.4, -0.2) is 69.1 Å². The minimum Gasteiger partial charge on any atom is -0.356 e. The lowest BCUT2D eigenvalue weighted by Crippen LogP contribution is -2.38. The first-order chi connectivity index (χ1) is 10.8. The van der Waals surface area contributed by atoms with Crippen LogP contribution in [0.2, 0.25) is 0 Å². The van der Waals surface area contributed by atoms with Crippen molar-refractivity contribution in [2.45, 2.75) is 19.4 Å². The quantitative estimate of drug-likeness (QED) is 0.472. The van der Waals surface area contributed by atoms with Gasteiger partial charge in [0.25, 0.3) is 0 Å². The molecule has 2 N–H and O–H groups in total. The Labute approximate surface area is 138 Å². The molecule has 22 heavy (non-hydrogen) atoms. The van der Waals surface area contributed by atoms with Crippen LogP contribution in [0.15, 0.2) is 22.5 Å². The molecule has 5 nitrogen and oxygen atoms in total. The van der Waals surface area contributed by atoms with Gasteiger partial charge in [0.1, 0.15) is 0 Å². The lowest BCUT2D eigenvalue weighted by Gasteiger charge is -2.20. The van der Waals surface area contributed by atoms with Crippen molar-refractivity contribution in [3.63, 3.8) is 0 Å². The fourth-order valence-electron chi connectivity index (χ4n) is 2.64. The van der Waals surface area contributed by atoms with E-state index in [0.29, 0.717) is 0 Å². The van der Waals surface area contributed by atoms with E-state index in [1.807, 2.05) is 7.05 Å². The summed E-state index contributed by atoms with van der Waals surface area (Å²) in [6.07, 6.45) is 2.44. The molecule has 6 heteroatoms. The van der Waals surface area contributed by atoms with Gasteiger partial charge in [-0.15, -0.1) is 11.3 Å². The molecule has 1 fully saturated rings. The summed E-state index contributed by atoms with van der Waals surface area (Å²) < 4.78 is 0. The highest BCUT2D eigenvalue weighted by atomic mass is 32.1. The summed E-state index contributed by atoms with van der Waals surface area (Å²) in [5, 5.41) is 8.86. The number of likely N-dealkylation sites (N-methyl/N-ethyl adjacent to an activating group) is 1. The number of hydrogen-bond donors (Lipinski definition) is 2. The van der Waals surface area contributed by atoms with Crippen LogP contribution in [0.1, 0.15) is 17.7 Å². The van der Waals surface area contributed by atoms with Gasteiger partial charge in [0.05, 0.1) is 6.54 Å². The zero-order chi connectivity index (χ0) is 15.6. The average Bonchev–Trinajstić information content (AvgIpc) is 2.96. The third kappa shape index (κ3) is 6.34. The number of rotatable bonds is 6. The molecule has 0 unspecified atom stereocenters. The first-order valence-corrected chi connectivity index (χ1v) is 9.03. The Hall–Kier alpha value is -1.11. The normalized spacial score (nSPS) is 18.2.